The standard InChI is InChI=1S/C7H12N4O5S/c1-4(5(12)15-2)17(13,14)11-6-8-7(16-3)10-9-6/h4H,1-3H3,(H2,8,9,10,11). The number of aromatic nitrogens is 3. The number of anilines is 1. The Balaban J connectivity index is 2.82. The summed E-state index contributed by atoms with van der Waals surface area (Å²) in [5, 5.41) is 4.48. The summed E-state index contributed by atoms with van der Waals surface area (Å²) in [5.41, 5.74) is 0. The number of carbonyl (C=O) groups is 1. The van der Waals surface area contributed by atoms with E-state index in [0.29, 0.717) is 0 Å². The Morgan fingerprint density at radius 3 is 2.59 bits per heavy atom. The van der Waals surface area contributed by atoms with Gasteiger partial charge in [0.15, 0.2) is 5.25 Å². The maximum Gasteiger partial charge on any atom is 0.336 e. The van der Waals surface area contributed by atoms with E-state index in [1.165, 1.54) is 14.0 Å². The molecular weight excluding hydrogens is 252 g/mol. The van der Waals surface area contributed by atoms with E-state index in [9.17, 15) is 13.2 Å². The minimum atomic E-state index is -3.93. The van der Waals surface area contributed by atoms with Gasteiger partial charge in [-0.1, -0.05) is 0 Å². The Morgan fingerprint density at radius 2 is 2.12 bits per heavy atom. The van der Waals surface area contributed by atoms with Gasteiger partial charge in [-0.2, -0.15) is 4.98 Å². The van der Waals surface area contributed by atoms with Gasteiger partial charge in [0.2, 0.25) is 16.0 Å². The Hall–Kier alpha value is -1.84. The number of nitrogens with zero attached hydrogens (tertiary/aromatic N) is 2. The van der Waals surface area contributed by atoms with E-state index in [1.807, 2.05) is 0 Å². The molecule has 1 unspecified atom stereocenters. The van der Waals surface area contributed by atoms with Gasteiger partial charge in [-0.3, -0.25) is 9.52 Å². The first-order chi connectivity index (χ1) is 7.90. The van der Waals surface area contributed by atoms with Crippen LogP contribution < -0.4 is 9.46 Å². The fourth-order valence-corrected chi connectivity index (χ4v) is 1.79. The SMILES string of the molecule is COC(=O)C(C)S(=O)(=O)Nc1nc(OC)n[nH]1. The molecule has 0 saturated heterocycles. The number of aromatic amines is 1. The summed E-state index contributed by atoms with van der Waals surface area (Å²) in [7, 11) is -1.50. The molecular formula is C7H12N4O5S. The highest BCUT2D eigenvalue weighted by molar-refractivity contribution is 7.94. The predicted molar refractivity (Wildman–Crippen MR) is 57.0 cm³/mol. The number of rotatable bonds is 5. The Morgan fingerprint density at radius 1 is 1.47 bits per heavy atom. The van der Waals surface area contributed by atoms with E-state index in [-0.39, 0.29) is 12.0 Å². The molecule has 0 radical (unpaired) electrons. The second-order valence-corrected chi connectivity index (χ2v) is 4.98. The minimum absolute atomic E-state index is 0.0200. The predicted octanol–water partition coefficient (Wildman–Crippen LogP) is -0.884. The van der Waals surface area contributed by atoms with Crippen molar-refractivity contribution < 1.29 is 22.7 Å². The number of H-pyrrole nitrogens is 1. The number of hydrogen-bond acceptors (Lipinski definition) is 7. The Bertz CT molecular complexity index is 496. The third-order valence-corrected chi connectivity index (χ3v) is 3.49. The van der Waals surface area contributed by atoms with Crippen molar-refractivity contribution in [1.82, 2.24) is 15.2 Å². The monoisotopic (exact) mass is 264 g/mol. The largest absolute Gasteiger partial charge is 0.468 e. The van der Waals surface area contributed by atoms with E-state index in [0.717, 1.165) is 7.11 Å². The summed E-state index contributed by atoms with van der Waals surface area (Å²) in [6.45, 7) is 1.20. The quantitative estimate of drug-likeness (QED) is 0.661. The molecule has 1 heterocycles. The molecule has 0 aliphatic rings. The summed E-state index contributed by atoms with van der Waals surface area (Å²) in [4.78, 5) is 14.7. The lowest BCUT2D eigenvalue weighted by Gasteiger charge is -2.10. The average Bonchev–Trinajstić information content (AvgIpc) is 2.73. The highest BCUT2D eigenvalue weighted by atomic mass is 32.2. The highest BCUT2D eigenvalue weighted by Gasteiger charge is 2.29. The second kappa shape index (κ2) is 4.99. The maximum absolute atomic E-state index is 11.7. The van der Waals surface area contributed by atoms with Crippen LogP contribution in [0.15, 0.2) is 0 Å². The van der Waals surface area contributed by atoms with Crippen molar-refractivity contribution in [2.24, 2.45) is 0 Å². The van der Waals surface area contributed by atoms with Gasteiger partial charge < -0.3 is 9.47 Å². The molecule has 10 heteroatoms. The smallest absolute Gasteiger partial charge is 0.336 e. The first-order valence-corrected chi connectivity index (χ1v) is 6.01. The van der Waals surface area contributed by atoms with Crippen molar-refractivity contribution in [3.8, 4) is 6.01 Å². The minimum Gasteiger partial charge on any atom is -0.468 e. The van der Waals surface area contributed by atoms with Crippen molar-refractivity contribution in [1.29, 1.82) is 0 Å². The molecule has 0 aliphatic carbocycles. The summed E-state index contributed by atoms with van der Waals surface area (Å²) in [5.74, 6) is -1.01. The molecule has 0 aliphatic heterocycles. The van der Waals surface area contributed by atoms with Gasteiger partial charge >= 0.3 is 12.0 Å². The fraction of sp³-hybridized carbons (Fsp3) is 0.571. The van der Waals surface area contributed by atoms with Crippen molar-refractivity contribution in [3.63, 3.8) is 0 Å². The summed E-state index contributed by atoms with van der Waals surface area (Å²) >= 11 is 0. The van der Waals surface area contributed by atoms with Crippen LogP contribution in [-0.4, -0.2) is 49.0 Å². The number of nitrogens with one attached hydrogen (secondary N) is 2. The van der Waals surface area contributed by atoms with Crippen LogP contribution >= 0.6 is 0 Å². The first kappa shape index (κ1) is 13.2. The van der Waals surface area contributed by atoms with Crippen LogP contribution in [0.3, 0.4) is 0 Å². The van der Waals surface area contributed by atoms with Crippen LogP contribution in [0.5, 0.6) is 6.01 Å². The van der Waals surface area contributed by atoms with E-state index in [2.05, 4.69) is 29.4 Å². The van der Waals surface area contributed by atoms with Crippen molar-refractivity contribution in [2.45, 2.75) is 12.2 Å². The van der Waals surface area contributed by atoms with Crippen molar-refractivity contribution in [2.75, 3.05) is 18.9 Å². The van der Waals surface area contributed by atoms with Gasteiger partial charge in [0.05, 0.1) is 14.2 Å². The van der Waals surface area contributed by atoms with Crippen LogP contribution in [0.4, 0.5) is 5.95 Å². The molecule has 0 amide bonds. The van der Waals surface area contributed by atoms with Crippen LogP contribution in [0, 0.1) is 0 Å². The molecule has 1 atom stereocenters. The Labute approximate surface area is 97.6 Å². The molecule has 1 aromatic rings. The third kappa shape index (κ3) is 3.06. The third-order valence-electron chi connectivity index (χ3n) is 1.88. The first-order valence-electron chi connectivity index (χ1n) is 4.46. The van der Waals surface area contributed by atoms with E-state index in [4.69, 9.17) is 0 Å². The van der Waals surface area contributed by atoms with Gasteiger partial charge in [-0.15, -0.1) is 5.10 Å². The lowest BCUT2D eigenvalue weighted by Crippen LogP contribution is -2.33. The van der Waals surface area contributed by atoms with Crippen molar-refractivity contribution in [3.05, 3.63) is 0 Å². The second-order valence-electron chi connectivity index (χ2n) is 2.98. The molecule has 0 fully saturated rings. The molecule has 0 aromatic carbocycles. The van der Waals surface area contributed by atoms with Crippen LogP contribution in [0.1, 0.15) is 6.92 Å². The molecule has 9 nitrogen and oxygen atoms in total. The molecule has 2 N–H and O–H groups in total. The number of hydrogen-bond donors (Lipinski definition) is 2. The zero-order valence-electron chi connectivity index (χ0n) is 9.42. The van der Waals surface area contributed by atoms with Gasteiger partial charge in [-0.25, -0.2) is 13.5 Å². The van der Waals surface area contributed by atoms with Crippen LogP contribution in [0.25, 0.3) is 0 Å². The van der Waals surface area contributed by atoms with Crippen LogP contribution in [-0.2, 0) is 19.6 Å². The summed E-state index contributed by atoms with van der Waals surface area (Å²) in [6.07, 6.45) is 0. The fourth-order valence-electron chi connectivity index (χ4n) is 0.899. The number of carbonyl (C=O) groups excluding carboxylic acids is 1. The van der Waals surface area contributed by atoms with Gasteiger partial charge in [-0.05, 0) is 6.92 Å². The average molecular weight is 264 g/mol. The van der Waals surface area contributed by atoms with E-state index >= 15 is 0 Å². The molecule has 17 heavy (non-hydrogen) atoms. The normalized spacial score (nSPS) is 12.9. The lowest BCUT2D eigenvalue weighted by molar-refractivity contribution is -0.139. The van der Waals surface area contributed by atoms with Gasteiger partial charge in [0, 0.05) is 0 Å². The maximum atomic E-state index is 11.7. The number of methoxy groups -OCH3 is 2. The van der Waals surface area contributed by atoms with E-state index in [1.54, 1.807) is 0 Å². The number of esters is 1. The number of sulfonamides is 1. The lowest BCUT2D eigenvalue weighted by atomic mass is 10.5. The molecule has 0 bridgehead atoms. The van der Waals surface area contributed by atoms with E-state index < -0.39 is 21.2 Å². The molecule has 96 valence electrons. The highest BCUT2D eigenvalue weighted by Crippen LogP contribution is 2.10. The summed E-state index contributed by atoms with van der Waals surface area (Å²) in [6, 6.07) is -0.0200. The Kier molecular flexibility index (Phi) is 3.89. The molecule has 1 rings (SSSR count). The molecule has 1 aromatic heterocycles. The zero-order valence-corrected chi connectivity index (χ0v) is 10.2. The summed E-state index contributed by atoms with van der Waals surface area (Å²) < 4.78 is 34.4. The topological polar surface area (TPSA) is 123 Å². The van der Waals surface area contributed by atoms with Gasteiger partial charge in [0.25, 0.3) is 0 Å². The molecule has 0 spiro atoms. The zero-order chi connectivity index (χ0) is 13.1. The van der Waals surface area contributed by atoms with Crippen LogP contribution in [0.2, 0.25) is 0 Å². The number of ether oxygens (including phenoxy) is 2. The molecule has 0 saturated carbocycles. The van der Waals surface area contributed by atoms with Crippen molar-refractivity contribution >= 4 is 21.9 Å². The van der Waals surface area contributed by atoms with Gasteiger partial charge in [0.1, 0.15) is 0 Å².